The summed E-state index contributed by atoms with van der Waals surface area (Å²) in [5, 5.41) is 8.70. The van der Waals surface area contributed by atoms with Crippen molar-refractivity contribution in [3.8, 4) is 0 Å². The van der Waals surface area contributed by atoms with Gasteiger partial charge < -0.3 is 23.1 Å². The lowest BCUT2D eigenvalue weighted by Crippen LogP contribution is -2.10. The third-order valence-corrected chi connectivity index (χ3v) is 1.43. The van der Waals surface area contributed by atoms with E-state index >= 15 is 0 Å². The van der Waals surface area contributed by atoms with Crippen molar-refractivity contribution in [1.29, 1.82) is 0 Å². The first-order valence-corrected chi connectivity index (χ1v) is 4.68. The third-order valence-electron chi connectivity index (χ3n) is 0.610. The number of amides is 1. The van der Waals surface area contributed by atoms with Crippen molar-refractivity contribution in [3.05, 3.63) is 11.6 Å². The molecule has 10 heavy (non-hydrogen) atoms. The fourth-order valence-electron chi connectivity index (χ4n) is 0.346. The lowest BCUT2D eigenvalue weighted by atomic mass is 10.4. The van der Waals surface area contributed by atoms with Crippen LogP contribution in [0.5, 0.6) is 0 Å². The summed E-state index contributed by atoms with van der Waals surface area (Å²) in [4.78, 5) is 10.1. The molecule has 1 atom stereocenters. The van der Waals surface area contributed by atoms with E-state index in [4.69, 9.17) is 10.8 Å². The lowest BCUT2D eigenvalue weighted by Gasteiger charge is -1.89. The molecule has 6 heteroatoms. The zero-order valence-electron chi connectivity index (χ0n) is 4.98. The fraction of sp³-hybridized carbons (Fsp3) is 0.250. The van der Waals surface area contributed by atoms with Gasteiger partial charge in [0.2, 0.25) is 12.9 Å². The number of aliphatic hydroxyl groups excluding tert-OH is 1. The number of carbonyl (C=O) groups excluding carboxylic acids is 1. The first-order valence-electron chi connectivity index (χ1n) is 2.34. The fourth-order valence-corrected chi connectivity index (χ4v) is 1.05. The van der Waals surface area contributed by atoms with Gasteiger partial charge in [0.05, 0.1) is 6.42 Å². The van der Waals surface area contributed by atoms with Crippen LogP contribution in [0.1, 0.15) is 6.42 Å². The van der Waals surface area contributed by atoms with Crippen molar-refractivity contribution in [3.63, 3.8) is 0 Å². The summed E-state index contributed by atoms with van der Waals surface area (Å²) < 4.78 is 10.2. The van der Waals surface area contributed by atoms with E-state index in [0.717, 1.165) is 5.82 Å². The van der Waals surface area contributed by atoms with E-state index in [9.17, 15) is 9.36 Å². The number of carbonyl (C=O) groups is 1. The van der Waals surface area contributed by atoms with Gasteiger partial charge in [-0.1, -0.05) is 4.57 Å². The van der Waals surface area contributed by atoms with Crippen molar-refractivity contribution in [2.45, 2.75) is 6.42 Å². The summed E-state index contributed by atoms with van der Waals surface area (Å²) in [6.07, 6.45) is -0.308. The highest BCUT2D eigenvalue weighted by Crippen LogP contribution is 2.19. The minimum absolute atomic E-state index is 0.308. The number of aliphatic hydroxyl groups is 1. The quantitative estimate of drug-likeness (QED) is 0.376. The Kier molecular flexibility index (Phi) is 4.07. The second-order valence-electron chi connectivity index (χ2n) is 1.55. The molecule has 0 aromatic rings. The first kappa shape index (κ1) is 9.46. The Bertz CT molecular complexity index is 191. The predicted molar refractivity (Wildman–Crippen MR) is 39.5 cm³/mol. The largest absolute Gasteiger partial charge is 0.508 e. The van der Waals surface area contributed by atoms with Gasteiger partial charge in [-0.05, 0) is 0 Å². The zero-order valence-corrected chi connectivity index (χ0v) is 6.69. The Balaban J connectivity index is 3.95. The van der Waals surface area contributed by atoms with Gasteiger partial charge in [0, 0.05) is 0 Å². The second-order valence-corrected chi connectivity index (χ2v) is 3.46. The number of primary amides is 1. The van der Waals surface area contributed by atoms with Crippen LogP contribution in [0.3, 0.4) is 0 Å². The van der Waals surface area contributed by atoms with Crippen LogP contribution >= 0.6 is 7.00 Å². The van der Waals surface area contributed by atoms with E-state index in [1.54, 1.807) is 0 Å². The van der Waals surface area contributed by atoms with Crippen molar-refractivity contribution in [2.75, 3.05) is 0 Å². The highest BCUT2D eigenvalue weighted by molar-refractivity contribution is 8.29. The van der Waals surface area contributed by atoms with Crippen molar-refractivity contribution in [1.82, 2.24) is 0 Å². The van der Waals surface area contributed by atoms with Gasteiger partial charge in [-0.25, -0.2) is 0 Å². The van der Waals surface area contributed by atoms with Crippen molar-refractivity contribution < 1.29 is 14.5 Å². The van der Waals surface area contributed by atoms with Crippen LogP contribution in [0.4, 0.5) is 0 Å². The number of hydrogen-bond acceptors (Lipinski definition) is 4. The Morgan fingerprint density at radius 2 is 2.30 bits per heavy atom. The van der Waals surface area contributed by atoms with E-state index < -0.39 is 12.9 Å². The van der Waals surface area contributed by atoms with Gasteiger partial charge in [-0.3, -0.25) is 4.79 Å². The van der Waals surface area contributed by atoms with Crippen LogP contribution in [-0.2, 0) is 21.6 Å². The molecular formula is C4H6NO3PS. The summed E-state index contributed by atoms with van der Waals surface area (Å²) in [5.74, 6) is -0.0840. The molecule has 0 aliphatic heterocycles. The highest BCUT2D eigenvalue weighted by atomic mass is 32.7. The summed E-state index contributed by atoms with van der Waals surface area (Å²) in [5.41, 5.74) is 4.70. The van der Waals surface area contributed by atoms with Gasteiger partial charge in [0.15, 0.2) is 5.82 Å². The monoisotopic (exact) mass is 179 g/mol. The zero-order chi connectivity index (χ0) is 8.15. The van der Waals surface area contributed by atoms with Crippen LogP contribution in [-0.4, -0.2) is 11.0 Å². The summed E-state index contributed by atoms with van der Waals surface area (Å²) in [6.45, 7) is 0. The Morgan fingerprint density at radius 1 is 1.80 bits per heavy atom. The van der Waals surface area contributed by atoms with E-state index in [0.29, 0.717) is 0 Å². The maximum Gasteiger partial charge on any atom is 0.240 e. The Morgan fingerprint density at radius 3 is 2.60 bits per heavy atom. The third kappa shape index (κ3) is 5.59. The molecule has 0 spiro atoms. The van der Waals surface area contributed by atoms with Crippen LogP contribution in [0.2, 0.25) is 0 Å². The van der Waals surface area contributed by atoms with E-state index in [1.807, 2.05) is 0 Å². The number of rotatable bonds is 3. The molecule has 1 unspecified atom stereocenters. The molecule has 0 aliphatic carbocycles. The van der Waals surface area contributed by atoms with Crippen molar-refractivity contribution >= 4 is 25.2 Å². The molecule has 4 nitrogen and oxygen atoms in total. The molecular weight excluding hydrogens is 173 g/mol. The van der Waals surface area contributed by atoms with Crippen LogP contribution in [0, 0.1) is 0 Å². The average molecular weight is 179 g/mol. The molecule has 0 rings (SSSR count). The summed E-state index contributed by atoms with van der Waals surface area (Å²) in [6, 6.07) is 0. The number of nitrogens with two attached hydrogens (primary N) is 1. The molecule has 0 heterocycles. The van der Waals surface area contributed by atoms with Gasteiger partial charge >= 0.3 is 0 Å². The molecule has 56 valence electrons. The molecule has 0 fully saturated rings. The molecule has 0 aliphatic rings. The van der Waals surface area contributed by atoms with E-state index in [-0.39, 0.29) is 12.2 Å². The van der Waals surface area contributed by atoms with Gasteiger partial charge in [0.25, 0.3) is 0 Å². The molecule has 0 aromatic carbocycles. The second kappa shape index (κ2) is 4.30. The highest BCUT2D eigenvalue weighted by Gasteiger charge is 2.02. The molecule has 0 aromatic heterocycles. The normalized spacial score (nSPS) is 12.9. The Hall–Kier alpha value is -0.540. The summed E-state index contributed by atoms with van der Waals surface area (Å²) in [7, 11) is -1.96. The number of hydrogen-bond donors (Lipinski definition) is 2. The molecule has 0 bridgehead atoms. The molecule has 0 radical (unpaired) electrons. The topological polar surface area (TPSA) is 80.4 Å². The van der Waals surface area contributed by atoms with Gasteiger partial charge in [-0.2, -0.15) is 0 Å². The van der Waals surface area contributed by atoms with Gasteiger partial charge in [0.1, 0.15) is 5.76 Å². The van der Waals surface area contributed by atoms with Crippen molar-refractivity contribution in [2.24, 2.45) is 5.73 Å². The van der Waals surface area contributed by atoms with Crippen LogP contribution < -0.4 is 5.73 Å². The SMILES string of the molecule is NC(=O)C/C(O)=C\[P+](=O)[S-]. The predicted octanol–water partition coefficient (Wildman–Crippen LogP) is 0.550. The average Bonchev–Trinajstić information content (AvgIpc) is 1.58. The standard InChI is InChI=1S/C4H6NO3PS/c5-4(7)1-3(6)2-9(8)10/h2,6H,1H2,(H2,5,7)/b3-2+. The molecule has 3 N–H and O–H groups in total. The minimum Gasteiger partial charge on any atom is -0.508 e. The minimum atomic E-state index is -1.96. The first-order chi connectivity index (χ1) is 4.52. The lowest BCUT2D eigenvalue weighted by molar-refractivity contribution is -0.117. The molecule has 0 saturated heterocycles. The smallest absolute Gasteiger partial charge is 0.240 e. The Labute approximate surface area is 64.0 Å². The van der Waals surface area contributed by atoms with E-state index in [2.05, 4.69) is 12.2 Å². The van der Waals surface area contributed by atoms with E-state index in [1.165, 1.54) is 0 Å². The van der Waals surface area contributed by atoms with Gasteiger partial charge in [-0.15, -0.1) is 0 Å². The molecule has 0 saturated carbocycles. The summed E-state index contributed by atoms with van der Waals surface area (Å²) >= 11 is 4.23. The van der Waals surface area contributed by atoms with Crippen LogP contribution in [0.25, 0.3) is 0 Å². The van der Waals surface area contributed by atoms with Crippen LogP contribution in [0.15, 0.2) is 11.6 Å². The molecule has 1 amide bonds. The maximum absolute atomic E-state index is 10.2. The maximum atomic E-state index is 10.2.